The average Bonchev–Trinajstić information content (AvgIpc) is 2.69. The largest absolute Gasteiger partial charge is 0.383 e. The maximum atomic E-state index is 10.1. The Balaban J connectivity index is 2.46. The van der Waals surface area contributed by atoms with E-state index in [1.54, 1.807) is 12.4 Å². The average molecular weight is 221 g/mol. The summed E-state index contributed by atoms with van der Waals surface area (Å²) in [5.41, 5.74) is 7.30. The monoisotopic (exact) mass is 221 g/mol. The van der Waals surface area contributed by atoms with E-state index in [-0.39, 0.29) is 0 Å². The first kappa shape index (κ1) is 10.1. The van der Waals surface area contributed by atoms with E-state index in [0.29, 0.717) is 16.4 Å². The van der Waals surface area contributed by atoms with Crippen molar-refractivity contribution in [2.45, 2.75) is 13.0 Å². The van der Waals surface area contributed by atoms with Crippen molar-refractivity contribution in [1.29, 1.82) is 0 Å². The second-order valence-corrected chi connectivity index (χ2v) is 4.13. The summed E-state index contributed by atoms with van der Waals surface area (Å²) in [6, 6.07) is 1.82. The van der Waals surface area contributed by atoms with Crippen LogP contribution in [-0.4, -0.2) is 15.1 Å². The fourth-order valence-electron chi connectivity index (χ4n) is 1.44. The summed E-state index contributed by atoms with van der Waals surface area (Å²) in [6.45, 7) is 1.89. The summed E-state index contributed by atoms with van der Waals surface area (Å²) >= 11 is 1.40. The van der Waals surface area contributed by atoms with Crippen molar-refractivity contribution in [1.82, 2.24) is 9.97 Å². The number of hydrogen-bond donors (Lipinski definition) is 2. The zero-order valence-corrected chi connectivity index (χ0v) is 9.03. The molecule has 0 aliphatic rings. The van der Waals surface area contributed by atoms with Crippen molar-refractivity contribution in [3.05, 3.63) is 40.0 Å². The molecule has 1 unspecified atom stereocenters. The van der Waals surface area contributed by atoms with E-state index in [0.717, 1.165) is 5.56 Å². The van der Waals surface area contributed by atoms with Gasteiger partial charge >= 0.3 is 0 Å². The minimum Gasteiger partial charge on any atom is -0.383 e. The number of rotatable bonds is 2. The Labute approximate surface area is 91.4 Å². The molecule has 1 atom stereocenters. The number of aromatic nitrogens is 2. The molecule has 0 aliphatic carbocycles. The number of nitrogens with zero attached hydrogens (tertiary/aromatic N) is 2. The smallest absolute Gasteiger partial charge is 0.134 e. The maximum Gasteiger partial charge on any atom is 0.134 e. The highest BCUT2D eigenvalue weighted by Gasteiger charge is 2.18. The third-order valence-corrected chi connectivity index (χ3v) is 3.03. The fraction of sp³-hybridized carbons (Fsp3) is 0.200. The number of pyridine rings is 1. The van der Waals surface area contributed by atoms with Gasteiger partial charge in [-0.1, -0.05) is 0 Å². The van der Waals surface area contributed by atoms with E-state index in [4.69, 9.17) is 5.73 Å². The quantitative estimate of drug-likeness (QED) is 0.806. The molecule has 0 amide bonds. The summed E-state index contributed by atoms with van der Waals surface area (Å²) in [7, 11) is 0. The zero-order valence-electron chi connectivity index (χ0n) is 8.21. The number of aliphatic hydroxyl groups excluding tert-OH is 1. The summed E-state index contributed by atoms with van der Waals surface area (Å²) in [4.78, 5) is 8.03. The Hall–Kier alpha value is -1.46. The Morgan fingerprint density at radius 1 is 1.40 bits per heavy atom. The first-order valence-electron chi connectivity index (χ1n) is 4.48. The van der Waals surface area contributed by atoms with Gasteiger partial charge in [-0.2, -0.15) is 0 Å². The number of aliphatic hydroxyl groups is 1. The van der Waals surface area contributed by atoms with Gasteiger partial charge in [0.1, 0.15) is 16.9 Å². The lowest BCUT2D eigenvalue weighted by molar-refractivity contribution is 0.219. The van der Waals surface area contributed by atoms with Crippen LogP contribution in [0.1, 0.15) is 22.2 Å². The van der Waals surface area contributed by atoms with Crippen LogP contribution in [0.25, 0.3) is 0 Å². The van der Waals surface area contributed by atoms with Gasteiger partial charge < -0.3 is 10.8 Å². The first-order chi connectivity index (χ1) is 7.20. The van der Waals surface area contributed by atoms with Gasteiger partial charge in [0.2, 0.25) is 0 Å². The molecule has 0 radical (unpaired) electrons. The molecule has 5 heteroatoms. The Bertz CT molecular complexity index is 435. The number of nitrogen functional groups attached to an aromatic ring is 1. The molecule has 2 aromatic rings. The molecule has 15 heavy (non-hydrogen) atoms. The van der Waals surface area contributed by atoms with Gasteiger partial charge in [-0.15, -0.1) is 11.3 Å². The molecule has 4 nitrogen and oxygen atoms in total. The number of anilines is 1. The standard InChI is InChI=1S/C10H11N3OS/c1-6-2-3-12-9(11)7(6)8(14)10-13-4-5-15-10/h2-5,8,14H,1H3,(H2,11,12). The predicted octanol–water partition coefficient (Wildman–Crippen LogP) is 1.51. The third kappa shape index (κ3) is 1.84. The van der Waals surface area contributed by atoms with Crippen LogP contribution in [0.5, 0.6) is 0 Å². The third-order valence-electron chi connectivity index (χ3n) is 2.20. The normalized spacial score (nSPS) is 12.7. The van der Waals surface area contributed by atoms with Gasteiger partial charge in [-0.3, -0.25) is 0 Å². The van der Waals surface area contributed by atoms with E-state index >= 15 is 0 Å². The molecule has 0 bridgehead atoms. The molecule has 0 saturated carbocycles. The number of nitrogens with two attached hydrogens (primary N) is 1. The predicted molar refractivity (Wildman–Crippen MR) is 59.6 cm³/mol. The van der Waals surface area contributed by atoms with Crippen LogP contribution in [-0.2, 0) is 0 Å². The lowest BCUT2D eigenvalue weighted by Crippen LogP contribution is -2.07. The minimum absolute atomic E-state index is 0.359. The SMILES string of the molecule is Cc1ccnc(N)c1C(O)c1nccs1. The van der Waals surface area contributed by atoms with Crippen LogP contribution in [0.3, 0.4) is 0 Å². The maximum absolute atomic E-state index is 10.1. The molecule has 2 rings (SSSR count). The van der Waals surface area contributed by atoms with Crippen LogP contribution in [0.15, 0.2) is 23.8 Å². The summed E-state index contributed by atoms with van der Waals surface area (Å²) in [5.74, 6) is 0.359. The second kappa shape index (κ2) is 3.96. The minimum atomic E-state index is -0.779. The molecule has 2 aromatic heterocycles. The van der Waals surface area contributed by atoms with E-state index in [9.17, 15) is 5.11 Å². The lowest BCUT2D eigenvalue weighted by Gasteiger charge is -2.12. The van der Waals surface area contributed by atoms with Crippen LogP contribution < -0.4 is 5.73 Å². The highest BCUT2D eigenvalue weighted by Crippen LogP contribution is 2.28. The Morgan fingerprint density at radius 3 is 2.80 bits per heavy atom. The van der Waals surface area contributed by atoms with Crippen molar-refractivity contribution in [3.63, 3.8) is 0 Å². The zero-order chi connectivity index (χ0) is 10.8. The molecule has 78 valence electrons. The fourth-order valence-corrected chi connectivity index (χ4v) is 2.07. The van der Waals surface area contributed by atoms with Crippen molar-refractivity contribution in [2.24, 2.45) is 0 Å². The van der Waals surface area contributed by atoms with Crippen LogP contribution in [0.4, 0.5) is 5.82 Å². The summed E-state index contributed by atoms with van der Waals surface area (Å²) < 4.78 is 0. The molecule has 0 fully saturated rings. The summed E-state index contributed by atoms with van der Waals surface area (Å²) in [5, 5.41) is 12.5. The van der Waals surface area contributed by atoms with E-state index in [1.165, 1.54) is 11.3 Å². The first-order valence-corrected chi connectivity index (χ1v) is 5.36. The van der Waals surface area contributed by atoms with Crippen molar-refractivity contribution in [3.8, 4) is 0 Å². The highest BCUT2D eigenvalue weighted by molar-refractivity contribution is 7.09. The van der Waals surface area contributed by atoms with Crippen LogP contribution in [0.2, 0.25) is 0 Å². The second-order valence-electron chi connectivity index (χ2n) is 3.20. The van der Waals surface area contributed by atoms with E-state index in [2.05, 4.69) is 9.97 Å². The molecular formula is C10H11N3OS. The van der Waals surface area contributed by atoms with Crippen LogP contribution >= 0.6 is 11.3 Å². The van der Waals surface area contributed by atoms with Gasteiger partial charge in [0.25, 0.3) is 0 Å². The molecule has 0 aliphatic heterocycles. The van der Waals surface area contributed by atoms with Gasteiger partial charge in [-0.25, -0.2) is 9.97 Å². The molecular weight excluding hydrogens is 210 g/mol. The van der Waals surface area contributed by atoms with Gasteiger partial charge in [0, 0.05) is 23.3 Å². The molecule has 0 spiro atoms. The highest BCUT2D eigenvalue weighted by atomic mass is 32.1. The van der Waals surface area contributed by atoms with E-state index in [1.807, 2.05) is 18.4 Å². The molecule has 2 heterocycles. The van der Waals surface area contributed by atoms with E-state index < -0.39 is 6.10 Å². The molecule has 0 saturated heterocycles. The topological polar surface area (TPSA) is 72.0 Å². The van der Waals surface area contributed by atoms with Crippen molar-refractivity contribution in [2.75, 3.05) is 5.73 Å². The molecule has 0 aromatic carbocycles. The number of hydrogen-bond acceptors (Lipinski definition) is 5. The van der Waals surface area contributed by atoms with Crippen LogP contribution in [0, 0.1) is 6.92 Å². The Morgan fingerprint density at radius 2 is 2.20 bits per heavy atom. The number of thiazole rings is 1. The molecule has 3 N–H and O–H groups in total. The Kier molecular flexibility index (Phi) is 2.66. The summed E-state index contributed by atoms with van der Waals surface area (Å²) in [6.07, 6.45) is 2.51. The van der Waals surface area contributed by atoms with Gasteiger partial charge in [0.05, 0.1) is 0 Å². The number of aryl methyl sites for hydroxylation is 1. The van der Waals surface area contributed by atoms with Crippen molar-refractivity contribution >= 4 is 17.2 Å². The van der Waals surface area contributed by atoms with Crippen molar-refractivity contribution < 1.29 is 5.11 Å². The van der Waals surface area contributed by atoms with Gasteiger partial charge in [-0.05, 0) is 18.6 Å². The lowest BCUT2D eigenvalue weighted by atomic mass is 10.1. The van der Waals surface area contributed by atoms with Gasteiger partial charge in [0.15, 0.2) is 0 Å².